The molecule has 1 aliphatic rings. The number of benzene rings is 1. The summed E-state index contributed by atoms with van der Waals surface area (Å²) in [6, 6.07) is 6.89. The number of nitrogens with zero attached hydrogens (tertiary/aromatic N) is 1. The molecule has 0 N–H and O–H groups in total. The van der Waals surface area contributed by atoms with Gasteiger partial charge in [0.15, 0.2) is 16.4 Å². The maximum absolute atomic E-state index is 12.4. The molecule has 1 aliphatic heterocycles. The van der Waals surface area contributed by atoms with Gasteiger partial charge in [0.05, 0.1) is 11.5 Å². The number of aryl methyl sites for hydroxylation is 1. The molecule has 1 amide bonds. The molecule has 0 aliphatic carbocycles. The van der Waals surface area contributed by atoms with Crippen LogP contribution in [0.25, 0.3) is 11.0 Å². The predicted octanol–water partition coefficient (Wildman–Crippen LogP) is 1.93. The lowest BCUT2D eigenvalue weighted by atomic mass is 10.1. The van der Waals surface area contributed by atoms with Crippen LogP contribution in [0.1, 0.15) is 29.5 Å². The maximum atomic E-state index is 12.4. The standard InChI is InChI=1S/C18H21NO6S/c1-3-19(13-8-9-26(22,23)11-13)16(20)10-24-18(21)17-12(2)14-6-4-5-7-15(14)25-17/h4-7,13H,3,8-11H2,1-2H3. The average molecular weight is 379 g/mol. The number of amides is 1. The third-order valence-corrected chi connectivity index (χ3v) is 6.42. The summed E-state index contributed by atoms with van der Waals surface area (Å²) < 4.78 is 33.9. The summed E-state index contributed by atoms with van der Waals surface area (Å²) in [5, 5.41) is 0.817. The van der Waals surface area contributed by atoms with Gasteiger partial charge in [-0.15, -0.1) is 0 Å². The number of likely N-dealkylation sites (N-methyl/N-ethyl adjacent to an activating group) is 1. The molecule has 2 aromatic rings. The Balaban J connectivity index is 1.66. The van der Waals surface area contributed by atoms with E-state index < -0.39 is 28.3 Å². The largest absolute Gasteiger partial charge is 0.450 e. The minimum atomic E-state index is -3.10. The van der Waals surface area contributed by atoms with Crippen LogP contribution in [-0.4, -0.2) is 55.9 Å². The van der Waals surface area contributed by atoms with Gasteiger partial charge in [-0.1, -0.05) is 18.2 Å². The molecule has 1 aromatic heterocycles. The first kappa shape index (κ1) is 18.4. The van der Waals surface area contributed by atoms with Crippen LogP contribution >= 0.6 is 0 Å². The van der Waals surface area contributed by atoms with Gasteiger partial charge >= 0.3 is 5.97 Å². The number of carbonyl (C=O) groups excluding carboxylic acids is 2. The van der Waals surface area contributed by atoms with Gasteiger partial charge in [-0.05, 0) is 26.3 Å². The molecule has 8 heteroatoms. The lowest BCUT2D eigenvalue weighted by Gasteiger charge is -2.26. The molecule has 7 nitrogen and oxygen atoms in total. The van der Waals surface area contributed by atoms with Crippen LogP contribution in [0.3, 0.4) is 0 Å². The summed E-state index contributed by atoms with van der Waals surface area (Å²) in [7, 11) is -3.10. The molecule has 1 fully saturated rings. The van der Waals surface area contributed by atoms with Crippen LogP contribution in [0.4, 0.5) is 0 Å². The topological polar surface area (TPSA) is 93.9 Å². The highest BCUT2D eigenvalue weighted by atomic mass is 32.2. The summed E-state index contributed by atoms with van der Waals surface area (Å²) in [6.45, 7) is 3.44. The van der Waals surface area contributed by atoms with E-state index in [0.29, 0.717) is 24.1 Å². The van der Waals surface area contributed by atoms with E-state index >= 15 is 0 Å². The Hall–Kier alpha value is -2.35. The molecule has 2 heterocycles. The number of fused-ring (bicyclic) bond motifs is 1. The second-order valence-electron chi connectivity index (χ2n) is 6.37. The van der Waals surface area contributed by atoms with Crippen molar-refractivity contribution in [2.75, 3.05) is 24.7 Å². The molecule has 140 valence electrons. The first-order valence-corrected chi connectivity index (χ1v) is 10.3. The Bertz CT molecular complexity index is 946. The molecule has 1 aromatic carbocycles. The van der Waals surface area contributed by atoms with Crippen LogP contribution in [0.2, 0.25) is 0 Å². The number of sulfone groups is 1. The number of hydrogen-bond acceptors (Lipinski definition) is 6. The third-order valence-electron chi connectivity index (χ3n) is 4.67. The fourth-order valence-corrected chi connectivity index (χ4v) is 5.03. The van der Waals surface area contributed by atoms with E-state index in [1.54, 1.807) is 26.0 Å². The van der Waals surface area contributed by atoms with Crippen LogP contribution < -0.4 is 0 Å². The highest BCUT2D eigenvalue weighted by Gasteiger charge is 2.34. The lowest BCUT2D eigenvalue weighted by Crippen LogP contribution is -2.43. The predicted molar refractivity (Wildman–Crippen MR) is 95.7 cm³/mol. The smallest absolute Gasteiger partial charge is 0.375 e. The molecule has 1 saturated heterocycles. The van der Waals surface area contributed by atoms with Gasteiger partial charge < -0.3 is 14.1 Å². The number of rotatable bonds is 5. The highest BCUT2D eigenvalue weighted by Crippen LogP contribution is 2.25. The summed E-state index contributed by atoms with van der Waals surface area (Å²) in [4.78, 5) is 26.1. The molecular formula is C18H21NO6S. The van der Waals surface area contributed by atoms with Crippen molar-refractivity contribution in [2.24, 2.45) is 0 Å². The Kier molecular flexibility index (Phi) is 5.04. The Morgan fingerprint density at radius 1 is 1.31 bits per heavy atom. The quantitative estimate of drug-likeness (QED) is 0.737. The normalized spacial score (nSPS) is 18.8. The molecule has 0 saturated carbocycles. The number of furan rings is 1. The molecule has 0 radical (unpaired) electrons. The summed E-state index contributed by atoms with van der Waals surface area (Å²) in [5.74, 6) is -0.993. The Morgan fingerprint density at radius 2 is 2.04 bits per heavy atom. The highest BCUT2D eigenvalue weighted by molar-refractivity contribution is 7.91. The maximum Gasteiger partial charge on any atom is 0.375 e. The van der Waals surface area contributed by atoms with E-state index in [9.17, 15) is 18.0 Å². The summed E-state index contributed by atoms with van der Waals surface area (Å²) in [6.07, 6.45) is 0.415. The van der Waals surface area contributed by atoms with Gasteiger partial charge in [-0.3, -0.25) is 4.79 Å². The van der Waals surface area contributed by atoms with E-state index in [1.807, 2.05) is 12.1 Å². The second-order valence-corrected chi connectivity index (χ2v) is 8.59. The van der Waals surface area contributed by atoms with Gasteiger partial charge in [0.2, 0.25) is 5.76 Å². The fourth-order valence-electron chi connectivity index (χ4n) is 3.30. The van der Waals surface area contributed by atoms with Crippen molar-refractivity contribution in [3.8, 4) is 0 Å². The molecule has 3 rings (SSSR count). The number of esters is 1. The minimum Gasteiger partial charge on any atom is -0.450 e. The Morgan fingerprint density at radius 3 is 2.65 bits per heavy atom. The van der Waals surface area contributed by atoms with E-state index in [0.717, 1.165) is 5.39 Å². The second kappa shape index (κ2) is 7.11. The molecule has 1 unspecified atom stereocenters. The van der Waals surface area contributed by atoms with Gasteiger partial charge in [-0.2, -0.15) is 0 Å². The SMILES string of the molecule is CCN(C(=O)COC(=O)c1oc2ccccc2c1C)C1CCS(=O)(=O)C1. The van der Waals surface area contributed by atoms with Crippen molar-refractivity contribution in [3.63, 3.8) is 0 Å². The Labute approximate surface area is 151 Å². The number of ether oxygens (including phenoxy) is 1. The zero-order valence-corrected chi connectivity index (χ0v) is 15.5. The van der Waals surface area contributed by atoms with Crippen molar-refractivity contribution in [2.45, 2.75) is 26.3 Å². The van der Waals surface area contributed by atoms with Crippen molar-refractivity contribution < 1.29 is 27.2 Å². The van der Waals surface area contributed by atoms with Crippen molar-refractivity contribution in [1.82, 2.24) is 4.90 Å². The van der Waals surface area contributed by atoms with Crippen molar-refractivity contribution in [1.29, 1.82) is 0 Å². The van der Waals surface area contributed by atoms with E-state index in [1.165, 1.54) is 4.90 Å². The lowest BCUT2D eigenvalue weighted by molar-refractivity contribution is -0.136. The summed E-state index contributed by atoms with van der Waals surface area (Å²) in [5.41, 5.74) is 1.24. The molecule has 26 heavy (non-hydrogen) atoms. The van der Waals surface area contributed by atoms with Crippen molar-refractivity contribution >= 4 is 32.7 Å². The van der Waals surface area contributed by atoms with Gasteiger partial charge in [0.25, 0.3) is 5.91 Å². The number of para-hydroxylation sites is 1. The van der Waals surface area contributed by atoms with Crippen LogP contribution in [0.15, 0.2) is 28.7 Å². The molecular weight excluding hydrogens is 358 g/mol. The first-order valence-electron chi connectivity index (χ1n) is 8.47. The molecule has 0 spiro atoms. The average Bonchev–Trinajstić information content (AvgIpc) is 3.13. The fraction of sp³-hybridized carbons (Fsp3) is 0.444. The van der Waals surface area contributed by atoms with Gasteiger partial charge in [0, 0.05) is 23.5 Å². The van der Waals surface area contributed by atoms with Crippen LogP contribution in [-0.2, 0) is 19.4 Å². The first-order chi connectivity index (χ1) is 12.3. The summed E-state index contributed by atoms with van der Waals surface area (Å²) >= 11 is 0. The van der Waals surface area contributed by atoms with Crippen LogP contribution in [0.5, 0.6) is 0 Å². The monoisotopic (exact) mass is 379 g/mol. The van der Waals surface area contributed by atoms with E-state index in [-0.39, 0.29) is 23.3 Å². The molecule has 0 bridgehead atoms. The minimum absolute atomic E-state index is 0.0385. The van der Waals surface area contributed by atoms with Crippen molar-refractivity contribution in [3.05, 3.63) is 35.6 Å². The van der Waals surface area contributed by atoms with Crippen LogP contribution in [0, 0.1) is 6.92 Å². The third kappa shape index (κ3) is 3.60. The van der Waals surface area contributed by atoms with E-state index in [2.05, 4.69) is 0 Å². The van der Waals surface area contributed by atoms with Gasteiger partial charge in [0.1, 0.15) is 5.58 Å². The zero-order valence-electron chi connectivity index (χ0n) is 14.7. The zero-order chi connectivity index (χ0) is 18.9. The van der Waals surface area contributed by atoms with Gasteiger partial charge in [-0.25, -0.2) is 13.2 Å². The number of carbonyl (C=O) groups is 2. The molecule has 1 atom stereocenters. The number of hydrogen-bond donors (Lipinski definition) is 0. The van der Waals surface area contributed by atoms with E-state index in [4.69, 9.17) is 9.15 Å².